The van der Waals surface area contributed by atoms with Crippen molar-refractivity contribution in [3.05, 3.63) is 59.7 Å². The van der Waals surface area contributed by atoms with E-state index in [9.17, 15) is 9.90 Å². The van der Waals surface area contributed by atoms with Gasteiger partial charge in [0.2, 0.25) is 0 Å². The number of amides is 1. The molecular weight excluding hydrogens is 340 g/mol. The molecule has 0 aliphatic heterocycles. The van der Waals surface area contributed by atoms with Crippen molar-refractivity contribution < 1.29 is 14.6 Å². The van der Waals surface area contributed by atoms with Crippen LogP contribution < -0.4 is 15.4 Å². The number of rotatable bonds is 6. The van der Waals surface area contributed by atoms with Crippen molar-refractivity contribution >= 4 is 5.91 Å². The zero-order chi connectivity index (χ0) is 19.3. The first kappa shape index (κ1) is 19.2. The third-order valence-corrected chi connectivity index (χ3v) is 5.78. The van der Waals surface area contributed by atoms with Crippen LogP contribution in [-0.4, -0.2) is 37.8 Å². The topological polar surface area (TPSA) is 70.6 Å². The molecule has 0 heterocycles. The fourth-order valence-electron chi connectivity index (χ4n) is 4.07. The Morgan fingerprint density at radius 2 is 1.85 bits per heavy atom. The monoisotopic (exact) mass is 368 g/mol. The number of phenols is 1. The number of carbonyl (C=O) groups is 1. The summed E-state index contributed by atoms with van der Waals surface area (Å²) < 4.78 is 5.25. The molecule has 0 spiro atoms. The van der Waals surface area contributed by atoms with Crippen LogP contribution in [0.4, 0.5) is 0 Å². The average Bonchev–Trinajstić information content (AvgIpc) is 2.72. The third kappa shape index (κ3) is 4.08. The molecule has 0 atom stereocenters. The van der Waals surface area contributed by atoms with Gasteiger partial charge in [-0.05, 0) is 50.4 Å². The van der Waals surface area contributed by atoms with Crippen LogP contribution in [0.15, 0.2) is 48.5 Å². The second-order valence-electron chi connectivity index (χ2n) is 7.25. The molecular formula is C22H28N2O3. The Bertz CT molecular complexity index is 768. The summed E-state index contributed by atoms with van der Waals surface area (Å²) in [5.41, 5.74) is 1.35. The van der Waals surface area contributed by atoms with E-state index in [1.54, 1.807) is 12.1 Å². The molecule has 1 fully saturated rings. The first-order chi connectivity index (χ1) is 13.1. The molecule has 0 radical (unpaired) electrons. The van der Waals surface area contributed by atoms with Crippen LogP contribution in [0.2, 0.25) is 0 Å². The summed E-state index contributed by atoms with van der Waals surface area (Å²) in [7, 11) is 3.50. The van der Waals surface area contributed by atoms with E-state index in [1.807, 2.05) is 13.1 Å². The van der Waals surface area contributed by atoms with Crippen molar-refractivity contribution in [3.63, 3.8) is 0 Å². The molecule has 1 aliphatic carbocycles. The number of hydrogen-bond donors (Lipinski definition) is 3. The van der Waals surface area contributed by atoms with Crippen LogP contribution in [0.3, 0.4) is 0 Å². The molecule has 3 N–H and O–H groups in total. The van der Waals surface area contributed by atoms with Crippen LogP contribution in [0.25, 0.3) is 0 Å². The van der Waals surface area contributed by atoms with Gasteiger partial charge in [0.25, 0.3) is 5.91 Å². The minimum atomic E-state index is -0.309. The predicted octanol–water partition coefficient (Wildman–Crippen LogP) is 3.23. The van der Waals surface area contributed by atoms with Gasteiger partial charge in [-0.25, -0.2) is 0 Å². The lowest BCUT2D eigenvalue weighted by atomic mass is 9.68. The standard InChI is InChI=1S/C22H28N2O3/c1-23-17-11-13-22(14-12-17,16-7-4-3-5-8-16)15-24-21(26)20-18(25)9-6-10-19(20)27-2/h3-10,17,23,25H,11-15H2,1-2H3,(H,24,26). The number of carbonyl (C=O) groups excluding carboxylic acids is 1. The zero-order valence-electron chi connectivity index (χ0n) is 16.0. The maximum Gasteiger partial charge on any atom is 0.258 e. The lowest BCUT2D eigenvalue weighted by Gasteiger charge is -2.41. The lowest BCUT2D eigenvalue weighted by Crippen LogP contribution is -2.46. The van der Waals surface area contributed by atoms with Gasteiger partial charge in [0.1, 0.15) is 17.1 Å². The SMILES string of the molecule is CNC1CCC(CNC(=O)c2c(O)cccc2OC)(c2ccccc2)CC1. The van der Waals surface area contributed by atoms with Gasteiger partial charge in [0.15, 0.2) is 0 Å². The summed E-state index contributed by atoms with van der Waals surface area (Å²) in [6, 6.07) is 15.8. The van der Waals surface area contributed by atoms with E-state index < -0.39 is 0 Å². The van der Waals surface area contributed by atoms with E-state index in [-0.39, 0.29) is 22.6 Å². The quantitative estimate of drug-likeness (QED) is 0.732. The number of nitrogens with one attached hydrogen (secondary N) is 2. The summed E-state index contributed by atoms with van der Waals surface area (Å²) in [6.07, 6.45) is 4.14. The summed E-state index contributed by atoms with van der Waals surface area (Å²) in [4.78, 5) is 12.8. The molecule has 3 rings (SSSR count). The summed E-state index contributed by atoms with van der Waals surface area (Å²) in [5, 5.41) is 16.6. The second kappa shape index (κ2) is 8.44. The van der Waals surface area contributed by atoms with Gasteiger partial charge in [0.05, 0.1) is 7.11 Å². The Balaban J connectivity index is 1.81. The number of benzene rings is 2. The van der Waals surface area contributed by atoms with Gasteiger partial charge in [0, 0.05) is 18.0 Å². The minimum Gasteiger partial charge on any atom is -0.507 e. The molecule has 1 amide bonds. The maximum atomic E-state index is 12.8. The highest BCUT2D eigenvalue weighted by Crippen LogP contribution is 2.39. The number of methoxy groups -OCH3 is 1. The molecule has 2 aromatic carbocycles. The molecule has 0 bridgehead atoms. The number of phenolic OH excluding ortho intramolecular Hbond substituents is 1. The Kier molecular flexibility index (Phi) is 6.01. The van der Waals surface area contributed by atoms with E-state index in [0.717, 1.165) is 25.7 Å². The van der Waals surface area contributed by atoms with Crippen molar-refractivity contribution in [2.24, 2.45) is 0 Å². The highest BCUT2D eigenvalue weighted by molar-refractivity contribution is 5.99. The Hall–Kier alpha value is -2.53. The fraction of sp³-hybridized carbons (Fsp3) is 0.409. The molecule has 2 aromatic rings. The predicted molar refractivity (Wildman–Crippen MR) is 106 cm³/mol. The molecule has 0 unspecified atom stereocenters. The molecule has 1 aliphatic rings. The Labute approximate surface area is 160 Å². The molecule has 5 nitrogen and oxygen atoms in total. The first-order valence-corrected chi connectivity index (χ1v) is 9.46. The molecule has 144 valence electrons. The summed E-state index contributed by atoms with van der Waals surface area (Å²) in [5.74, 6) is -0.00403. The third-order valence-electron chi connectivity index (χ3n) is 5.78. The maximum absolute atomic E-state index is 12.8. The van der Waals surface area contributed by atoms with Gasteiger partial charge >= 0.3 is 0 Å². The van der Waals surface area contributed by atoms with Crippen molar-refractivity contribution in [1.82, 2.24) is 10.6 Å². The number of ether oxygens (including phenoxy) is 1. The van der Waals surface area contributed by atoms with Gasteiger partial charge in [-0.3, -0.25) is 4.79 Å². The van der Waals surface area contributed by atoms with E-state index >= 15 is 0 Å². The molecule has 0 aromatic heterocycles. The number of aromatic hydroxyl groups is 1. The Morgan fingerprint density at radius 1 is 1.15 bits per heavy atom. The van der Waals surface area contributed by atoms with Crippen LogP contribution in [-0.2, 0) is 5.41 Å². The van der Waals surface area contributed by atoms with Gasteiger partial charge in [-0.2, -0.15) is 0 Å². The molecule has 0 saturated heterocycles. The van der Waals surface area contributed by atoms with E-state index in [1.165, 1.54) is 18.7 Å². The van der Waals surface area contributed by atoms with Gasteiger partial charge in [-0.1, -0.05) is 36.4 Å². The zero-order valence-corrected chi connectivity index (χ0v) is 16.0. The highest BCUT2D eigenvalue weighted by Gasteiger charge is 2.37. The smallest absolute Gasteiger partial charge is 0.258 e. The van der Waals surface area contributed by atoms with Crippen LogP contribution in [0.5, 0.6) is 11.5 Å². The Morgan fingerprint density at radius 3 is 2.48 bits per heavy atom. The number of hydrogen-bond acceptors (Lipinski definition) is 4. The van der Waals surface area contributed by atoms with Crippen LogP contribution >= 0.6 is 0 Å². The molecule has 5 heteroatoms. The van der Waals surface area contributed by atoms with E-state index in [4.69, 9.17) is 4.74 Å². The van der Waals surface area contributed by atoms with Crippen molar-refractivity contribution in [2.75, 3.05) is 20.7 Å². The second-order valence-corrected chi connectivity index (χ2v) is 7.25. The van der Waals surface area contributed by atoms with Crippen LogP contribution in [0, 0.1) is 0 Å². The highest BCUT2D eigenvalue weighted by atomic mass is 16.5. The van der Waals surface area contributed by atoms with Crippen LogP contribution in [0.1, 0.15) is 41.6 Å². The van der Waals surface area contributed by atoms with Crippen molar-refractivity contribution in [2.45, 2.75) is 37.1 Å². The summed E-state index contributed by atoms with van der Waals surface area (Å²) in [6.45, 7) is 0.532. The van der Waals surface area contributed by atoms with Crippen molar-refractivity contribution in [1.29, 1.82) is 0 Å². The summed E-state index contributed by atoms with van der Waals surface area (Å²) >= 11 is 0. The minimum absolute atomic E-state index is 0.0699. The van der Waals surface area contributed by atoms with E-state index in [0.29, 0.717) is 18.3 Å². The van der Waals surface area contributed by atoms with E-state index in [2.05, 4.69) is 34.9 Å². The fourth-order valence-corrected chi connectivity index (χ4v) is 4.07. The average molecular weight is 368 g/mol. The van der Waals surface area contributed by atoms with Gasteiger partial charge in [-0.15, -0.1) is 0 Å². The first-order valence-electron chi connectivity index (χ1n) is 9.46. The van der Waals surface area contributed by atoms with Gasteiger partial charge < -0.3 is 20.5 Å². The largest absolute Gasteiger partial charge is 0.507 e. The normalized spacial score (nSPS) is 22.2. The van der Waals surface area contributed by atoms with Crippen molar-refractivity contribution in [3.8, 4) is 11.5 Å². The lowest BCUT2D eigenvalue weighted by molar-refractivity contribution is 0.0928. The molecule has 1 saturated carbocycles. The molecule has 27 heavy (non-hydrogen) atoms.